The zero-order valence-corrected chi connectivity index (χ0v) is 9.90. The molecule has 0 amide bonds. The van der Waals surface area contributed by atoms with Gasteiger partial charge in [-0.25, -0.2) is 0 Å². The Labute approximate surface area is 97.5 Å². The molecule has 4 heteroatoms. The van der Waals surface area contributed by atoms with E-state index in [0.717, 1.165) is 30.9 Å². The van der Waals surface area contributed by atoms with Crippen molar-refractivity contribution in [3.05, 3.63) is 29.8 Å². The molecule has 1 aromatic carbocycles. The molecule has 82 valence electrons. The van der Waals surface area contributed by atoms with Crippen molar-refractivity contribution in [1.82, 2.24) is 0 Å². The van der Waals surface area contributed by atoms with E-state index >= 15 is 0 Å². The highest BCUT2D eigenvalue weighted by Gasteiger charge is 2.15. The lowest BCUT2D eigenvalue weighted by Gasteiger charge is -2.23. The molecule has 1 aromatic rings. The fourth-order valence-corrected chi connectivity index (χ4v) is 1.73. The molecule has 1 aliphatic rings. The van der Waals surface area contributed by atoms with Gasteiger partial charge >= 0.3 is 0 Å². The van der Waals surface area contributed by atoms with Gasteiger partial charge in [0, 0.05) is 5.56 Å². The molecule has 0 bridgehead atoms. The van der Waals surface area contributed by atoms with Crippen LogP contribution in [0.2, 0.25) is 0 Å². The number of benzene rings is 1. The Hall–Kier alpha value is -0.580. The van der Waals surface area contributed by atoms with E-state index < -0.39 is 0 Å². The molecule has 0 saturated carbocycles. The van der Waals surface area contributed by atoms with Gasteiger partial charge in [-0.05, 0) is 34.5 Å². The van der Waals surface area contributed by atoms with Crippen LogP contribution in [0.5, 0.6) is 5.75 Å². The first kappa shape index (κ1) is 10.9. The quantitative estimate of drug-likeness (QED) is 0.792. The van der Waals surface area contributed by atoms with Crippen molar-refractivity contribution >= 4 is 15.9 Å². The van der Waals surface area contributed by atoms with E-state index in [1.807, 2.05) is 24.3 Å². The Morgan fingerprint density at radius 1 is 1.20 bits per heavy atom. The van der Waals surface area contributed by atoms with Crippen molar-refractivity contribution in [2.45, 2.75) is 12.7 Å². The Morgan fingerprint density at radius 2 is 1.87 bits per heavy atom. The maximum absolute atomic E-state index is 5.49. The zero-order valence-electron chi connectivity index (χ0n) is 8.32. The summed E-state index contributed by atoms with van der Waals surface area (Å²) in [6.07, 6.45) is 0.762. The Bertz CT molecular complexity index is 293. The van der Waals surface area contributed by atoms with Gasteiger partial charge in [0.25, 0.3) is 0 Å². The number of halogens is 1. The lowest BCUT2D eigenvalue weighted by atomic mass is 10.2. The second kappa shape index (κ2) is 5.49. The van der Waals surface area contributed by atoms with Crippen LogP contribution in [0.4, 0.5) is 0 Å². The van der Waals surface area contributed by atoms with E-state index in [4.69, 9.17) is 14.2 Å². The molecule has 0 aromatic heterocycles. The van der Waals surface area contributed by atoms with Crippen LogP contribution < -0.4 is 4.74 Å². The molecule has 0 atom stereocenters. The monoisotopic (exact) mass is 272 g/mol. The van der Waals surface area contributed by atoms with Crippen molar-refractivity contribution in [2.75, 3.05) is 18.7 Å². The summed E-state index contributed by atoms with van der Waals surface area (Å²) >= 11 is 3.21. The van der Waals surface area contributed by atoms with Gasteiger partial charge in [0.1, 0.15) is 11.3 Å². The molecule has 2 rings (SSSR count). The van der Waals surface area contributed by atoms with Crippen molar-refractivity contribution in [1.29, 1.82) is 0 Å². The largest absolute Gasteiger partial charge is 0.482 e. The van der Waals surface area contributed by atoms with Gasteiger partial charge in [-0.2, -0.15) is 0 Å². The average Bonchev–Trinajstić information content (AvgIpc) is 2.32. The Kier molecular flexibility index (Phi) is 4.00. The van der Waals surface area contributed by atoms with E-state index in [1.54, 1.807) is 0 Å². The second-order valence-corrected chi connectivity index (χ2v) is 3.71. The first-order valence-corrected chi connectivity index (χ1v) is 6.04. The van der Waals surface area contributed by atoms with E-state index in [0.29, 0.717) is 5.52 Å². The number of alkyl halides is 1. The Balaban J connectivity index is 2.02. The topological polar surface area (TPSA) is 27.7 Å². The molecule has 0 N–H and O–H groups in total. The third-order valence-electron chi connectivity index (χ3n) is 2.20. The lowest BCUT2D eigenvalue weighted by Crippen LogP contribution is -2.17. The van der Waals surface area contributed by atoms with Crippen LogP contribution in [0.15, 0.2) is 24.3 Å². The number of hydrogen-bond acceptors (Lipinski definition) is 3. The van der Waals surface area contributed by atoms with Crippen LogP contribution in [0.3, 0.4) is 0 Å². The zero-order chi connectivity index (χ0) is 10.5. The molecule has 1 saturated heterocycles. The van der Waals surface area contributed by atoms with Crippen LogP contribution in [-0.2, 0) is 9.47 Å². The van der Waals surface area contributed by atoms with Crippen LogP contribution in [-0.4, -0.2) is 18.7 Å². The molecular formula is C11H13BrO3. The van der Waals surface area contributed by atoms with Crippen molar-refractivity contribution in [3.8, 4) is 5.75 Å². The van der Waals surface area contributed by atoms with E-state index in [2.05, 4.69) is 15.9 Å². The van der Waals surface area contributed by atoms with Crippen molar-refractivity contribution in [2.24, 2.45) is 0 Å². The van der Waals surface area contributed by atoms with Crippen molar-refractivity contribution in [3.63, 3.8) is 0 Å². The molecule has 1 aliphatic heterocycles. The molecular weight excluding hydrogens is 260 g/mol. The summed E-state index contributed by atoms with van der Waals surface area (Å²) in [6.45, 7) is 1.54. The maximum atomic E-state index is 5.49. The van der Waals surface area contributed by atoms with Crippen molar-refractivity contribution < 1.29 is 14.2 Å². The fraction of sp³-hybridized carbons (Fsp3) is 0.455. The van der Waals surface area contributed by atoms with Crippen LogP contribution in [0.25, 0.3) is 0 Å². The highest BCUT2D eigenvalue weighted by Crippen LogP contribution is 2.24. The van der Waals surface area contributed by atoms with Gasteiger partial charge in [-0.3, -0.25) is 0 Å². The average molecular weight is 273 g/mol. The standard InChI is InChI=1S/C11H13BrO3/c12-8-15-10-4-2-9(3-5-10)11-13-6-1-7-14-11/h2-5,11H,1,6-8H2. The van der Waals surface area contributed by atoms with Crippen LogP contribution >= 0.6 is 15.9 Å². The summed E-state index contributed by atoms with van der Waals surface area (Å²) in [7, 11) is 0. The van der Waals surface area contributed by atoms with Gasteiger partial charge in [0.2, 0.25) is 0 Å². The molecule has 3 nitrogen and oxygen atoms in total. The summed E-state index contributed by atoms with van der Waals surface area (Å²) in [5, 5.41) is 0. The summed E-state index contributed by atoms with van der Waals surface area (Å²) in [4.78, 5) is 0. The summed E-state index contributed by atoms with van der Waals surface area (Å²) in [5.41, 5.74) is 1.54. The van der Waals surface area contributed by atoms with E-state index in [1.165, 1.54) is 0 Å². The first-order chi connectivity index (χ1) is 7.40. The second-order valence-electron chi connectivity index (χ2n) is 3.25. The first-order valence-electron chi connectivity index (χ1n) is 4.92. The minimum atomic E-state index is -0.211. The lowest BCUT2D eigenvalue weighted by molar-refractivity contribution is -0.183. The molecule has 1 heterocycles. The Morgan fingerprint density at radius 3 is 2.47 bits per heavy atom. The van der Waals surface area contributed by atoms with Gasteiger partial charge in [-0.1, -0.05) is 12.1 Å². The predicted molar refractivity (Wildman–Crippen MR) is 60.1 cm³/mol. The highest BCUT2D eigenvalue weighted by atomic mass is 79.9. The number of ether oxygens (including phenoxy) is 3. The smallest absolute Gasteiger partial charge is 0.183 e. The van der Waals surface area contributed by atoms with Gasteiger partial charge in [0.05, 0.1) is 13.2 Å². The fourth-order valence-electron chi connectivity index (χ4n) is 1.46. The van der Waals surface area contributed by atoms with E-state index in [9.17, 15) is 0 Å². The van der Waals surface area contributed by atoms with E-state index in [-0.39, 0.29) is 6.29 Å². The molecule has 0 unspecified atom stereocenters. The minimum absolute atomic E-state index is 0.211. The number of hydrogen-bond donors (Lipinski definition) is 0. The van der Waals surface area contributed by atoms with Crippen LogP contribution in [0.1, 0.15) is 18.3 Å². The predicted octanol–water partition coefficient (Wildman–Crippen LogP) is 2.85. The highest BCUT2D eigenvalue weighted by molar-refractivity contribution is 9.09. The van der Waals surface area contributed by atoms with Gasteiger partial charge in [0.15, 0.2) is 6.29 Å². The van der Waals surface area contributed by atoms with Gasteiger partial charge < -0.3 is 14.2 Å². The third-order valence-corrected chi connectivity index (χ3v) is 2.43. The normalized spacial score (nSPS) is 17.7. The molecule has 0 aliphatic carbocycles. The van der Waals surface area contributed by atoms with Crippen LogP contribution in [0, 0.1) is 0 Å². The number of rotatable bonds is 3. The third kappa shape index (κ3) is 2.93. The molecule has 1 fully saturated rings. The molecule has 0 radical (unpaired) electrons. The maximum Gasteiger partial charge on any atom is 0.183 e. The van der Waals surface area contributed by atoms with Gasteiger partial charge in [-0.15, -0.1) is 0 Å². The molecule has 15 heavy (non-hydrogen) atoms. The summed E-state index contributed by atoms with van der Waals surface area (Å²) < 4.78 is 16.3. The molecule has 0 spiro atoms. The summed E-state index contributed by atoms with van der Waals surface area (Å²) in [6, 6.07) is 7.76. The summed E-state index contributed by atoms with van der Waals surface area (Å²) in [5.74, 6) is 0.839. The SMILES string of the molecule is BrCOc1ccc(C2OCCCO2)cc1. The minimum Gasteiger partial charge on any atom is -0.482 e.